The Kier molecular flexibility index (Phi) is 2.01. The van der Waals surface area contributed by atoms with Crippen LogP contribution in [0.25, 0.3) is 10.9 Å². The Morgan fingerprint density at radius 3 is 2.79 bits per heavy atom. The molecular formula is C12H12N2. The molecule has 0 saturated heterocycles. The molecule has 0 bridgehead atoms. The van der Waals surface area contributed by atoms with Crippen molar-refractivity contribution in [1.82, 2.24) is 4.98 Å². The second kappa shape index (κ2) is 3.19. The van der Waals surface area contributed by atoms with Gasteiger partial charge in [0.25, 0.3) is 0 Å². The van der Waals surface area contributed by atoms with Crippen molar-refractivity contribution in [3.63, 3.8) is 0 Å². The van der Waals surface area contributed by atoms with Crippen LogP contribution in [0.2, 0.25) is 0 Å². The molecule has 0 aliphatic rings. The Labute approximate surface area is 83.2 Å². The normalized spacial score (nSPS) is 10.7. The van der Waals surface area contributed by atoms with Crippen LogP contribution in [0.1, 0.15) is 30.9 Å². The summed E-state index contributed by atoms with van der Waals surface area (Å²) in [5.74, 6) is 0.446. The lowest BCUT2D eigenvalue weighted by Gasteiger charge is -2.06. The van der Waals surface area contributed by atoms with E-state index in [1.165, 1.54) is 5.56 Å². The molecule has 0 aliphatic carbocycles. The van der Waals surface area contributed by atoms with Gasteiger partial charge < -0.3 is 4.98 Å². The highest BCUT2D eigenvalue weighted by Gasteiger charge is 2.09. The van der Waals surface area contributed by atoms with E-state index in [2.05, 4.69) is 31.0 Å². The first kappa shape index (κ1) is 8.83. The fraction of sp³-hybridized carbons (Fsp3) is 0.250. The van der Waals surface area contributed by atoms with Gasteiger partial charge in [0.1, 0.15) is 6.07 Å². The maximum absolute atomic E-state index is 8.96. The van der Waals surface area contributed by atoms with Crippen molar-refractivity contribution in [2.24, 2.45) is 0 Å². The van der Waals surface area contributed by atoms with Crippen molar-refractivity contribution in [2.45, 2.75) is 19.8 Å². The van der Waals surface area contributed by atoms with Crippen LogP contribution in [-0.2, 0) is 0 Å². The van der Waals surface area contributed by atoms with Crippen LogP contribution in [-0.4, -0.2) is 4.98 Å². The third kappa shape index (κ3) is 1.18. The van der Waals surface area contributed by atoms with E-state index in [1.807, 2.05) is 12.1 Å². The lowest BCUT2D eigenvalue weighted by molar-refractivity contribution is 0.876. The minimum atomic E-state index is 0.446. The zero-order valence-electron chi connectivity index (χ0n) is 8.33. The molecule has 0 aliphatic heterocycles. The third-order valence-electron chi connectivity index (χ3n) is 2.48. The Balaban J connectivity index is 2.83. The van der Waals surface area contributed by atoms with Gasteiger partial charge in [-0.15, -0.1) is 0 Å². The van der Waals surface area contributed by atoms with Crippen LogP contribution in [0.5, 0.6) is 0 Å². The second-order valence-electron chi connectivity index (χ2n) is 3.74. The molecule has 1 N–H and O–H groups in total. The highest BCUT2D eigenvalue weighted by atomic mass is 14.7. The number of H-pyrrole nitrogens is 1. The molecule has 0 radical (unpaired) electrons. The highest BCUT2D eigenvalue weighted by Crippen LogP contribution is 2.27. The lowest BCUT2D eigenvalue weighted by atomic mass is 9.97. The summed E-state index contributed by atoms with van der Waals surface area (Å²) in [6.45, 7) is 4.28. The minimum absolute atomic E-state index is 0.446. The smallest absolute Gasteiger partial charge is 0.101 e. The first-order chi connectivity index (χ1) is 6.74. The van der Waals surface area contributed by atoms with E-state index in [0.29, 0.717) is 5.92 Å². The number of aromatic amines is 1. The van der Waals surface area contributed by atoms with Gasteiger partial charge in [0, 0.05) is 17.1 Å². The predicted octanol–water partition coefficient (Wildman–Crippen LogP) is 3.16. The molecule has 0 spiro atoms. The molecule has 0 atom stereocenters. The molecule has 1 aromatic heterocycles. The summed E-state index contributed by atoms with van der Waals surface area (Å²) >= 11 is 0. The van der Waals surface area contributed by atoms with E-state index in [1.54, 1.807) is 6.20 Å². The van der Waals surface area contributed by atoms with Crippen molar-refractivity contribution >= 4 is 10.9 Å². The van der Waals surface area contributed by atoms with Gasteiger partial charge >= 0.3 is 0 Å². The summed E-state index contributed by atoms with van der Waals surface area (Å²) in [6, 6.07) is 8.32. The summed E-state index contributed by atoms with van der Waals surface area (Å²) in [5, 5.41) is 10.0. The summed E-state index contributed by atoms with van der Waals surface area (Å²) in [5.41, 5.74) is 3.03. The summed E-state index contributed by atoms with van der Waals surface area (Å²) < 4.78 is 0. The zero-order valence-corrected chi connectivity index (χ0v) is 8.33. The van der Waals surface area contributed by atoms with Gasteiger partial charge in [0.2, 0.25) is 0 Å². The van der Waals surface area contributed by atoms with Gasteiger partial charge in [0.05, 0.1) is 5.56 Å². The largest absolute Gasteiger partial charge is 0.360 e. The molecule has 70 valence electrons. The number of benzene rings is 1. The van der Waals surface area contributed by atoms with E-state index < -0.39 is 0 Å². The standard InChI is InChI=1S/C12H12N2/c1-8(2)10-4-3-5-11-12(10)9(6-13)7-14-11/h3-5,7-8,14H,1-2H3. The molecule has 2 aromatic rings. The van der Waals surface area contributed by atoms with Gasteiger partial charge in [-0.25, -0.2) is 0 Å². The molecule has 1 aromatic carbocycles. The van der Waals surface area contributed by atoms with Gasteiger partial charge in [0.15, 0.2) is 0 Å². The van der Waals surface area contributed by atoms with Gasteiger partial charge in [-0.1, -0.05) is 26.0 Å². The van der Waals surface area contributed by atoms with Crippen molar-refractivity contribution in [3.8, 4) is 6.07 Å². The number of hydrogen-bond acceptors (Lipinski definition) is 1. The third-order valence-corrected chi connectivity index (χ3v) is 2.48. The van der Waals surface area contributed by atoms with Crippen molar-refractivity contribution < 1.29 is 0 Å². The molecule has 2 nitrogen and oxygen atoms in total. The Morgan fingerprint density at radius 1 is 1.36 bits per heavy atom. The average Bonchev–Trinajstić information content (AvgIpc) is 2.59. The highest BCUT2D eigenvalue weighted by molar-refractivity contribution is 5.89. The monoisotopic (exact) mass is 184 g/mol. The molecule has 0 fully saturated rings. The minimum Gasteiger partial charge on any atom is -0.360 e. The number of aromatic nitrogens is 1. The van der Waals surface area contributed by atoms with Gasteiger partial charge in [-0.05, 0) is 17.5 Å². The number of nitrogens with zero attached hydrogens (tertiary/aromatic N) is 1. The Bertz CT molecular complexity index is 501. The molecule has 0 unspecified atom stereocenters. The fourth-order valence-electron chi connectivity index (χ4n) is 1.78. The van der Waals surface area contributed by atoms with Gasteiger partial charge in [-0.3, -0.25) is 0 Å². The summed E-state index contributed by atoms with van der Waals surface area (Å²) in [6.07, 6.45) is 1.77. The van der Waals surface area contributed by atoms with Crippen LogP contribution in [0, 0.1) is 11.3 Å². The van der Waals surface area contributed by atoms with Crippen LogP contribution in [0.4, 0.5) is 0 Å². The average molecular weight is 184 g/mol. The maximum atomic E-state index is 8.96. The van der Waals surface area contributed by atoms with E-state index in [0.717, 1.165) is 16.5 Å². The first-order valence-electron chi connectivity index (χ1n) is 4.74. The van der Waals surface area contributed by atoms with E-state index in [9.17, 15) is 0 Å². The number of fused-ring (bicyclic) bond motifs is 1. The van der Waals surface area contributed by atoms with Crippen molar-refractivity contribution in [1.29, 1.82) is 5.26 Å². The van der Waals surface area contributed by atoms with Crippen LogP contribution in [0.3, 0.4) is 0 Å². The summed E-state index contributed by atoms with van der Waals surface area (Å²) in [7, 11) is 0. The Morgan fingerprint density at radius 2 is 2.14 bits per heavy atom. The molecule has 0 saturated carbocycles. The molecule has 14 heavy (non-hydrogen) atoms. The van der Waals surface area contributed by atoms with Crippen LogP contribution >= 0.6 is 0 Å². The first-order valence-corrected chi connectivity index (χ1v) is 4.74. The SMILES string of the molecule is CC(C)c1cccc2[nH]cc(C#N)c12. The number of nitriles is 1. The van der Waals surface area contributed by atoms with E-state index in [4.69, 9.17) is 5.26 Å². The second-order valence-corrected chi connectivity index (χ2v) is 3.74. The zero-order chi connectivity index (χ0) is 10.1. The number of hydrogen-bond donors (Lipinski definition) is 1. The fourth-order valence-corrected chi connectivity index (χ4v) is 1.78. The number of nitrogens with one attached hydrogen (secondary N) is 1. The molecule has 1 heterocycles. The van der Waals surface area contributed by atoms with E-state index >= 15 is 0 Å². The van der Waals surface area contributed by atoms with Gasteiger partial charge in [-0.2, -0.15) is 5.26 Å². The molecule has 2 rings (SSSR count). The topological polar surface area (TPSA) is 39.6 Å². The van der Waals surface area contributed by atoms with Crippen LogP contribution in [0.15, 0.2) is 24.4 Å². The molecular weight excluding hydrogens is 172 g/mol. The Hall–Kier alpha value is -1.75. The maximum Gasteiger partial charge on any atom is 0.101 e. The van der Waals surface area contributed by atoms with Crippen molar-refractivity contribution in [3.05, 3.63) is 35.5 Å². The molecule has 2 heteroatoms. The van der Waals surface area contributed by atoms with Crippen molar-refractivity contribution in [2.75, 3.05) is 0 Å². The molecule has 0 amide bonds. The predicted molar refractivity (Wildman–Crippen MR) is 57.1 cm³/mol. The quantitative estimate of drug-likeness (QED) is 0.726. The van der Waals surface area contributed by atoms with Crippen LogP contribution < -0.4 is 0 Å². The number of rotatable bonds is 1. The lowest BCUT2D eigenvalue weighted by Crippen LogP contribution is -1.88. The summed E-state index contributed by atoms with van der Waals surface area (Å²) in [4.78, 5) is 3.11. The van der Waals surface area contributed by atoms with E-state index in [-0.39, 0.29) is 0 Å².